The van der Waals surface area contributed by atoms with E-state index in [4.69, 9.17) is 0 Å². The first-order valence-corrected chi connectivity index (χ1v) is 7.30. The lowest BCUT2D eigenvalue weighted by atomic mass is 10.0. The Bertz CT molecular complexity index is 404. The normalized spacial score (nSPS) is 18.4. The molecule has 0 radical (unpaired) electrons. The van der Waals surface area contributed by atoms with Gasteiger partial charge in [0.25, 0.3) is 0 Å². The number of anilines is 1. The van der Waals surface area contributed by atoms with Crippen LogP contribution in [0, 0.1) is 5.92 Å². The fourth-order valence-electron chi connectivity index (χ4n) is 2.00. The first-order chi connectivity index (χ1) is 8.65. The Morgan fingerprint density at radius 3 is 2.89 bits per heavy atom. The van der Waals surface area contributed by atoms with Crippen molar-refractivity contribution in [2.45, 2.75) is 39.0 Å². The minimum Gasteiger partial charge on any atom is -0.316 e. The molecule has 1 aromatic heterocycles. The number of rotatable bonds is 5. The highest BCUT2D eigenvalue weighted by Gasteiger charge is 2.16. The molecule has 0 aliphatic carbocycles. The minimum atomic E-state index is 0. The highest BCUT2D eigenvalue weighted by molar-refractivity contribution is 7.15. The van der Waals surface area contributed by atoms with Crippen molar-refractivity contribution in [2.75, 3.05) is 18.4 Å². The van der Waals surface area contributed by atoms with Crippen LogP contribution < -0.4 is 10.6 Å². The first kappa shape index (κ1) is 16.3. The van der Waals surface area contributed by atoms with E-state index in [0.29, 0.717) is 23.4 Å². The van der Waals surface area contributed by atoms with E-state index in [1.165, 1.54) is 17.8 Å². The van der Waals surface area contributed by atoms with E-state index in [1.807, 2.05) is 0 Å². The number of nitrogens with one attached hydrogen (secondary N) is 2. The summed E-state index contributed by atoms with van der Waals surface area (Å²) in [7, 11) is 0. The molecule has 19 heavy (non-hydrogen) atoms. The number of amides is 1. The molecule has 1 unspecified atom stereocenters. The molecule has 5 nitrogen and oxygen atoms in total. The first-order valence-electron chi connectivity index (χ1n) is 6.49. The number of carbonyl (C=O) groups excluding carboxylic acids is 1. The molecule has 1 amide bonds. The number of hydrogen-bond acceptors (Lipinski definition) is 5. The van der Waals surface area contributed by atoms with E-state index >= 15 is 0 Å². The van der Waals surface area contributed by atoms with Gasteiger partial charge in [0.1, 0.15) is 5.01 Å². The van der Waals surface area contributed by atoms with Crippen LogP contribution in [-0.2, 0) is 4.79 Å². The van der Waals surface area contributed by atoms with E-state index < -0.39 is 0 Å². The van der Waals surface area contributed by atoms with Crippen molar-refractivity contribution in [2.24, 2.45) is 5.92 Å². The Kier molecular flexibility index (Phi) is 6.68. The molecule has 1 fully saturated rings. The highest BCUT2D eigenvalue weighted by Crippen LogP contribution is 2.22. The Hall–Kier alpha value is -0.720. The molecule has 1 aliphatic heterocycles. The number of carbonyl (C=O) groups is 1. The van der Waals surface area contributed by atoms with Crippen LogP contribution in [0.2, 0.25) is 0 Å². The number of hydrogen-bond donors (Lipinski definition) is 2. The molecule has 7 heteroatoms. The van der Waals surface area contributed by atoms with Crippen molar-refractivity contribution in [3.8, 4) is 0 Å². The van der Waals surface area contributed by atoms with Crippen LogP contribution in [0.4, 0.5) is 5.13 Å². The Morgan fingerprint density at radius 2 is 2.32 bits per heavy atom. The molecule has 0 spiro atoms. The lowest BCUT2D eigenvalue weighted by Crippen LogP contribution is -2.14. The second-order valence-corrected chi connectivity index (χ2v) is 6.05. The number of halogens is 1. The van der Waals surface area contributed by atoms with Crippen LogP contribution in [0.3, 0.4) is 0 Å². The zero-order valence-corrected chi connectivity index (χ0v) is 12.9. The van der Waals surface area contributed by atoms with Gasteiger partial charge in [-0.3, -0.25) is 4.79 Å². The summed E-state index contributed by atoms with van der Waals surface area (Å²) in [6, 6.07) is 0. The molecule has 0 saturated carbocycles. The quantitative estimate of drug-likeness (QED) is 0.876. The summed E-state index contributed by atoms with van der Waals surface area (Å²) < 4.78 is 0. The zero-order valence-electron chi connectivity index (χ0n) is 11.3. The van der Waals surface area contributed by atoms with Gasteiger partial charge in [-0.15, -0.1) is 22.6 Å². The fraction of sp³-hybridized carbons (Fsp3) is 0.750. The third-order valence-corrected chi connectivity index (χ3v) is 4.26. The molecule has 2 heterocycles. The zero-order chi connectivity index (χ0) is 13.0. The van der Waals surface area contributed by atoms with Gasteiger partial charge in [0.15, 0.2) is 0 Å². The molecule has 1 aliphatic rings. The van der Waals surface area contributed by atoms with Crippen molar-refractivity contribution in [3.63, 3.8) is 0 Å². The molecular weight excluding hydrogens is 284 g/mol. The summed E-state index contributed by atoms with van der Waals surface area (Å²) >= 11 is 1.46. The van der Waals surface area contributed by atoms with Crippen molar-refractivity contribution in [1.29, 1.82) is 0 Å². The van der Waals surface area contributed by atoms with Crippen LogP contribution in [0.15, 0.2) is 0 Å². The summed E-state index contributed by atoms with van der Waals surface area (Å²) in [4.78, 5) is 11.8. The van der Waals surface area contributed by atoms with E-state index in [9.17, 15) is 4.79 Å². The van der Waals surface area contributed by atoms with Crippen molar-refractivity contribution in [1.82, 2.24) is 15.5 Å². The predicted molar refractivity (Wildman–Crippen MR) is 80.1 cm³/mol. The number of nitrogens with zero attached hydrogens (tertiary/aromatic N) is 2. The monoisotopic (exact) mass is 304 g/mol. The van der Waals surface area contributed by atoms with Gasteiger partial charge in [0, 0.05) is 12.3 Å². The molecule has 2 N–H and O–H groups in total. The number of aromatic nitrogens is 2. The lowest BCUT2D eigenvalue weighted by Gasteiger charge is -2.06. The maximum Gasteiger partial charge on any atom is 0.226 e. The van der Waals surface area contributed by atoms with Crippen LogP contribution >= 0.6 is 23.7 Å². The maximum atomic E-state index is 11.8. The Labute approximate surface area is 124 Å². The smallest absolute Gasteiger partial charge is 0.226 e. The van der Waals surface area contributed by atoms with E-state index in [-0.39, 0.29) is 18.3 Å². The maximum absolute atomic E-state index is 11.8. The molecule has 1 aromatic rings. The molecule has 0 aromatic carbocycles. The van der Waals surface area contributed by atoms with Gasteiger partial charge in [-0.05, 0) is 31.8 Å². The molecule has 1 atom stereocenters. The average Bonchev–Trinajstić information content (AvgIpc) is 2.96. The van der Waals surface area contributed by atoms with Gasteiger partial charge in [-0.1, -0.05) is 25.2 Å². The molecule has 1 saturated heterocycles. The second-order valence-electron chi connectivity index (χ2n) is 5.05. The van der Waals surface area contributed by atoms with E-state index in [0.717, 1.165) is 24.5 Å². The highest BCUT2D eigenvalue weighted by atomic mass is 35.5. The van der Waals surface area contributed by atoms with Gasteiger partial charge in [0.2, 0.25) is 11.0 Å². The molecular formula is C12H21ClN4OS. The van der Waals surface area contributed by atoms with Gasteiger partial charge < -0.3 is 10.6 Å². The van der Waals surface area contributed by atoms with E-state index in [2.05, 4.69) is 34.7 Å². The minimum absolute atomic E-state index is 0. The summed E-state index contributed by atoms with van der Waals surface area (Å²) in [5, 5.41) is 15.7. The van der Waals surface area contributed by atoms with E-state index in [1.54, 1.807) is 0 Å². The standard InChI is InChI=1S/C12H20N4OS.ClH/c1-8(2)11-15-16-12(18-11)14-10(17)4-3-9-5-6-13-7-9;/h8-9,13H,3-7H2,1-2H3,(H,14,16,17);1H. The van der Waals surface area contributed by atoms with Gasteiger partial charge >= 0.3 is 0 Å². The van der Waals surface area contributed by atoms with Crippen LogP contribution in [-0.4, -0.2) is 29.2 Å². The van der Waals surface area contributed by atoms with Gasteiger partial charge in [0.05, 0.1) is 0 Å². The topological polar surface area (TPSA) is 66.9 Å². The summed E-state index contributed by atoms with van der Waals surface area (Å²) in [5.74, 6) is 1.06. The summed E-state index contributed by atoms with van der Waals surface area (Å²) in [5.41, 5.74) is 0. The fourth-order valence-corrected chi connectivity index (χ4v) is 2.76. The van der Waals surface area contributed by atoms with Crippen molar-refractivity contribution >= 4 is 34.8 Å². The van der Waals surface area contributed by atoms with Crippen molar-refractivity contribution < 1.29 is 4.79 Å². The summed E-state index contributed by atoms with van der Waals surface area (Å²) in [6.07, 6.45) is 2.71. The molecule has 108 valence electrons. The van der Waals surface area contributed by atoms with Crippen LogP contribution in [0.25, 0.3) is 0 Å². The third-order valence-electron chi connectivity index (χ3n) is 3.12. The van der Waals surface area contributed by atoms with Crippen LogP contribution in [0.1, 0.15) is 44.0 Å². The Morgan fingerprint density at radius 1 is 1.53 bits per heavy atom. The molecule has 2 rings (SSSR count). The van der Waals surface area contributed by atoms with Gasteiger partial charge in [-0.25, -0.2) is 0 Å². The predicted octanol–water partition coefficient (Wildman–Crippen LogP) is 2.41. The largest absolute Gasteiger partial charge is 0.316 e. The Balaban J connectivity index is 0.00000180. The van der Waals surface area contributed by atoms with Crippen LogP contribution in [0.5, 0.6) is 0 Å². The SMILES string of the molecule is CC(C)c1nnc(NC(=O)CCC2CCNC2)s1.Cl. The second kappa shape index (κ2) is 7.77. The third kappa shape index (κ3) is 5.04. The van der Waals surface area contributed by atoms with Crippen molar-refractivity contribution in [3.05, 3.63) is 5.01 Å². The van der Waals surface area contributed by atoms with Gasteiger partial charge in [-0.2, -0.15) is 0 Å². The molecule has 0 bridgehead atoms. The summed E-state index contributed by atoms with van der Waals surface area (Å²) in [6.45, 7) is 6.27. The lowest BCUT2D eigenvalue weighted by molar-refractivity contribution is -0.116. The average molecular weight is 305 g/mol.